The number of fused-ring (bicyclic) bond motifs is 1. The normalized spacial score (nSPS) is 24.4. The Hall–Kier alpha value is -2.08. The molecule has 2 aliphatic heterocycles. The average Bonchev–Trinajstić information content (AvgIpc) is 3.13. The van der Waals surface area contributed by atoms with E-state index in [2.05, 4.69) is 13.8 Å². The molecule has 0 saturated carbocycles. The number of nitrogens with zero attached hydrogens (tertiary/aromatic N) is 2. The van der Waals surface area contributed by atoms with Crippen LogP contribution in [0.25, 0.3) is 0 Å². The summed E-state index contributed by atoms with van der Waals surface area (Å²) in [5, 5.41) is 2.24. The van der Waals surface area contributed by atoms with E-state index in [1.54, 1.807) is 23.3 Å². The Morgan fingerprint density at radius 2 is 1.61 bits per heavy atom. The number of hydrogen-bond donors (Lipinski definition) is 0. The highest BCUT2D eigenvalue weighted by molar-refractivity contribution is 6.42. The predicted octanol–water partition coefficient (Wildman–Crippen LogP) is 4.72. The molecule has 2 aromatic carbocycles. The summed E-state index contributed by atoms with van der Waals surface area (Å²) in [5.41, 5.74) is 1.05. The molecule has 0 bridgehead atoms. The number of hydrogen-bond acceptors (Lipinski definition) is 4. The maximum Gasteiger partial charge on any atom is 0.266 e. The van der Waals surface area contributed by atoms with Gasteiger partial charge < -0.3 is 0 Å². The highest BCUT2D eigenvalue weighted by atomic mass is 35.5. The van der Waals surface area contributed by atoms with Crippen LogP contribution in [0.4, 0.5) is 11.4 Å². The third-order valence-electron chi connectivity index (χ3n) is 5.12. The van der Waals surface area contributed by atoms with Crippen molar-refractivity contribution in [3.05, 3.63) is 58.6 Å². The SMILES string of the molecule is CC(C)C[C@@H]1[C@H]2C(=O)N(c3c(Cl)cccc3Cl)C(=O)[C@@H]2ON1c1ccccc1. The van der Waals surface area contributed by atoms with E-state index in [1.807, 2.05) is 30.3 Å². The molecule has 0 N–H and O–H groups in total. The van der Waals surface area contributed by atoms with Crippen molar-refractivity contribution in [2.24, 2.45) is 11.8 Å². The van der Waals surface area contributed by atoms with Gasteiger partial charge in [0.25, 0.3) is 5.91 Å². The summed E-state index contributed by atoms with van der Waals surface area (Å²) in [6.07, 6.45) is -0.178. The minimum absolute atomic E-state index is 0.230. The monoisotopic (exact) mass is 418 g/mol. The summed E-state index contributed by atoms with van der Waals surface area (Å²) in [6, 6.07) is 14.2. The molecule has 0 radical (unpaired) electrons. The van der Waals surface area contributed by atoms with Crippen LogP contribution < -0.4 is 9.96 Å². The Labute approximate surface area is 173 Å². The lowest BCUT2D eigenvalue weighted by atomic mass is 9.90. The van der Waals surface area contributed by atoms with E-state index in [9.17, 15) is 9.59 Å². The molecule has 2 aromatic rings. The van der Waals surface area contributed by atoms with E-state index in [1.165, 1.54) is 0 Å². The van der Waals surface area contributed by atoms with Crippen molar-refractivity contribution in [1.82, 2.24) is 0 Å². The van der Waals surface area contributed by atoms with Crippen LogP contribution in [-0.4, -0.2) is 24.0 Å². The number of amides is 2. The van der Waals surface area contributed by atoms with Crippen molar-refractivity contribution < 1.29 is 14.4 Å². The fourth-order valence-corrected chi connectivity index (χ4v) is 4.53. The highest BCUT2D eigenvalue weighted by Crippen LogP contribution is 2.45. The number of carbonyl (C=O) groups excluding carboxylic acids is 2. The van der Waals surface area contributed by atoms with Crippen molar-refractivity contribution in [1.29, 1.82) is 0 Å². The minimum Gasteiger partial charge on any atom is -0.273 e. The second-order valence-corrected chi connectivity index (χ2v) is 8.31. The second-order valence-electron chi connectivity index (χ2n) is 7.49. The van der Waals surface area contributed by atoms with Crippen molar-refractivity contribution >= 4 is 46.4 Å². The zero-order valence-electron chi connectivity index (χ0n) is 15.5. The van der Waals surface area contributed by atoms with Gasteiger partial charge in [0.2, 0.25) is 5.91 Å². The Kier molecular flexibility index (Phi) is 5.08. The Bertz CT molecular complexity index is 899. The molecule has 2 fully saturated rings. The summed E-state index contributed by atoms with van der Waals surface area (Å²) >= 11 is 12.5. The molecule has 0 aliphatic carbocycles. The number of imide groups is 1. The van der Waals surface area contributed by atoms with Gasteiger partial charge >= 0.3 is 0 Å². The van der Waals surface area contributed by atoms with Crippen molar-refractivity contribution in [2.75, 3.05) is 9.96 Å². The van der Waals surface area contributed by atoms with Crippen LogP contribution in [0.5, 0.6) is 0 Å². The third kappa shape index (κ3) is 3.08. The fraction of sp³-hybridized carbons (Fsp3) is 0.333. The van der Waals surface area contributed by atoms with Crippen LogP contribution in [0, 0.1) is 11.8 Å². The van der Waals surface area contributed by atoms with Crippen molar-refractivity contribution in [3.63, 3.8) is 0 Å². The minimum atomic E-state index is -0.885. The number of para-hydroxylation sites is 2. The van der Waals surface area contributed by atoms with Crippen molar-refractivity contribution in [3.8, 4) is 0 Å². The fourth-order valence-electron chi connectivity index (χ4n) is 3.97. The summed E-state index contributed by atoms with van der Waals surface area (Å²) < 4.78 is 0. The van der Waals surface area contributed by atoms with Crippen molar-refractivity contribution in [2.45, 2.75) is 32.4 Å². The molecule has 5 nitrogen and oxygen atoms in total. The van der Waals surface area contributed by atoms with E-state index in [4.69, 9.17) is 28.0 Å². The van der Waals surface area contributed by atoms with Crippen LogP contribution in [-0.2, 0) is 14.4 Å². The van der Waals surface area contributed by atoms with Gasteiger partial charge in [-0.3, -0.25) is 14.4 Å². The van der Waals surface area contributed by atoms with Gasteiger partial charge in [0.05, 0.1) is 33.4 Å². The molecule has 7 heteroatoms. The van der Waals surface area contributed by atoms with Gasteiger partial charge in [-0.15, -0.1) is 0 Å². The van der Waals surface area contributed by atoms with E-state index in [0.29, 0.717) is 12.3 Å². The third-order valence-corrected chi connectivity index (χ3v) is 5.73. The average molecular weight is 419 g/mol. The number of anilines is 2. The van der Waals surface area contributed by atoms with E-state index in [-0.39, 0.29) is 27.7 Å². The van der Waals surface area contributed by atoms with Crippen LogP contribution in [0.1, 0.15) is 20.3 Å². The van der Waals surface area contributed by atoms with Crippen LogP contribution in [0.15, 0.2) is 48.5 Å². The maximum absolute atomic E-state index is 13.4. The van der Waals surface area contributed by atoms with Crippen LogP contribution in [0.3, 0.4) is 0 Å². The number of halogens is 2. The first-order chi connectivity index (χ1) is 13.4. The molecule has 0 aromatic heterocycles. The number of hydroxylamine groups is 1. The second kappa shape index (κ2) is 7.39. The van der Waals surface area contributed by atoms with E-state index >= 15 is 0 Å². The summed E-state index contributed by atoms with van der Waals surface area (Å²) in [5.74, 6) is -1.05. The number of carbonyl (C=O) groups is 2. The molecule has 2 amide bonds. The molecular weight excluding hydrogens is 399 g/mol. The van der Waals surface area contributed by atoms with E-state index < -0.39 is 17.9 Å². The molecular formula is C21H20Cl2N2O3. The van der Waals surface area contributed by atoms with Gasteiger partial charge in [-0.1, -0.05) is 61.3 Å². The topological polar surface area (TPSA) is 49.9 Å². The Balaban J connectivity index is 1.73. The largest absolute Gasteiger partial charge is 0.273 e. The molecule has 0 spiro atoms. The summed E-state index contributed by atoms with van der Waals surface area (Å²) in [6.45, 7) is 4.17. The molecule has 4 rings (SSSR count). The van der Waals surface area contributed by atoms with Gasteiger partial charge in [-0.25, -0.2) is 9.96 Å². The zero-order valence-corrected chi connectivity index (χ0v) is 17.0. The molecule has 2 saturated heterocycles. The van der Waals surface area contributed by atoms with Crippen LogP contribution >= 0.6 is 23.2 Å². The van der Waals surface area contributed by atoms with Gasteiger partial charge in [0.15, 0.2) is 6.10 Å². The lowest BCUT2D eigenvalue weighted by molar-refractivity contribution is -0.126. The quantitative estimate of drug-likeness (QED) is 0.674. The smallest absolute Gasteiger partial charge is 0.266 e. The molecule has 0 unspecified atom stereocenters. The molecule has 3 atom stereocenters. The lowest BCUT2D eigenvalue weighted by Gasteiger charge is -2.29. The first-order valence-corrected chi connectivity index (χ1v) is 9.98. The molecule has 2 aliphatic rings. The highest BCUT2D eigenvalue weighted by Gasteiger charge is 2.60. The van der Waals surface area contributed by atoms with E-state index in [0.717, 1.165) is 10.6 Å². The number of benzene rings is 2. The maximum atomic E-state index is 13.4. The van der Waals surface area contributed by atoms with Gasteiger partial charge in [-0.2, -0.15) is 0 Å². The zero-order chi connectivity index (χ0) is 20.0. The first kappa shape index (κ1) is 19.2. The van der Waals surface area contributed by atoms with Gasteiger partial charge in [-0.05, 0) is 36.6 Å². The van der Waals surface area contributed by atoms with Gasteiger partial charge in [0, 0.05) is 0 Å². The van der Waals surface area contributed by atoms with Crippen LogP contribution in [0.2, 0.25) is 10.0 Å². The summed E-state index contributed by atoms with van der Waals surface area (Å²) in [7, 11) is 0. The first-order valence-electron chi connectivity index (χ1n) is 9.23. The molecule has 2 heterocycles. The number of rotatable bonds is 4. The van der Waals surface area contributed by atoms with Gasteiger partial charge in [0.1, 0.15) is 0 Å². The predicted molar refractivity (Wildman–Crippen MR) is 109 cm³/mol. The molecule has 146 valence electrons. The summed E-state index contributed by atoms with van der Waals surface area (Å²) in [4.78, 5) is 33.6. The standard InChI is InChI=1S/C21H20Cl2N2O3/c1-12(2)11-16-17-19(28-25(16)13-7-4-3-5-8-13)21(27)24(20(17)26)18-14(22)9-6-10-15(18)23/h3-10,12,16-17,19H,11H2,1-2H3/t16-,17-,19-/m1/s1. The Morgan fingerprint density at radius 3 is 2.21 bits per heavy atom. The Morgan fingerprint density at radius 1 is 0.964 bits per heavy atom. The lowest BCUT2D eigenvalue weighted by Crippen LogP contribution is -2.41. The molecule has 28 heavy (non-hydrogen) atoms.